The molecule has 5 nitrogen and oxygen atoms in total. The molecule has 1 aromatic rings. The van der Waals surface area contributed by atoms with Crippen LogP contribution in [0, 0.1) is 5.92 Å². The zero-order valence-electron chi connectivity index (χ0n) is 7.64. The second-order valence-corrected chi connectivity index (χ2v) is 3.39. The molecule has 5 heteroatoms. The van der Waals surface area contributed by atoms with Gasteiger partial charge in [-0.05, 0) is 18.9 Å². The maximum Gasteiger partial charge on any atom is 0.309 e. The molecule has 2 rings (SSSR count). The van der Waals surface area contributed by atoms with Gasteiger partial charge in [0.05, 0.1) is 11.6 Å². The van der Waals surface area contributed by atoms with Crippen LogP contribution in [0.2, 0.25) is 0 Å². The molecule has 1 saturated heterocycles. The third-order valence-electron chi connectivity index (χ3n) is 2.47. The van der Waals surface area contributed by atoms with Gasteiger partial charge in [0.1, 0.15) is 6.10 Å². The van der Waals surface area contributed by atoms with Crippen LogP contribution in [0.15, 0.2) is 12.3 Å². The third-order valence-corrected chi connectivity index (χ3v) is 2.47. The Labute approximate surface area is 81.1 Å². The molecule has 1 aromatic heterocycles. The van der Waals surface area contributed by atoms with Gasteiger partial charge in [-0.1, -0.05) is 0 Å². The Kier molecular flexibility index (Phi) is 2.49. The van der Waals surface area contributed by atoms with E-state index in [4.69, 9.17) is 9.84 Å². The number of aliphatic carboxylic acids is 1. The Morgan fingerprint density at radius 2 is 2.57 bits per heavy atom. The molecule has 14 heavy (non-hydrogen) atoms. The van der Waals surface area contributed by atoms with Gasteiger partial charge in [0.15, 0.2) is 0 Å². The number of hydrogen-bond acceptors (Lipinski definition) is 3. The SMILES string of the molecule is O=C(O)[C@H]1CCCO[C@@H]1c1ccn[nH]1. The smallest absolute Gasteiger partial charge is 0.309 e. The van der Waals surface area contributed by atoms with Gasteiger partial charge in [0.2, 0.25) is 0 Å². The fourth-order valence-electron chi connectivity index (χ4n) is 1.77. The van der Waals surface area contributed by atoms with Gasteiger partial charge in [-0.25, -0.2) is 0 Å². The van der Waals surface area contributed by atoms with E-state index in [0.29, 0.717) is 13.0 Å². The fourth-order valence-corrected chi connectivity index (χ4v) is 1.77. The Bertz CT molecular complexity index is 310. The van der Waals surface area contributed by atoms with Gasteiger partial charge in [0.25, 0.3) is 0 Å². The van der Waals surface area contributed by atoms with Gasteiger partial charge < -0.3 is 9.84 Å². The number of aromatic amines is 1. The number of rotatable bonds is 2. The summed E-state index contributed by atoms with van der Waals surface area (Å²) in [5.41, 5.74) is 0.747. The predicted octanol–water partition coefficient (Wildman–Crippen LogP) is 0.962. The maximum atomic E-state index is 10.9. The number of carbonyl (C=O) groups is 1. The lowest BCUT2D eigenvalue weighted by molar-refractivity contribution is -0.152. The summed E-state index contributed by atoms with van der Waals surface area (Å²) in [6, 6.07) is 1.76. The lowest BCUT2D eigenvalue weighted by atomic mass is 9.92. The number of aromatic nitrogens is 2. The van der Waals surface area contributed by atoms with E-state index in [1.165, 1.54) is 0 Å². The first kappa shape index (κ1) is 9.21. The number of H-pyrrole nitrogens is 1. The van der Waals surface area contributed by atoms with Crippen molar-refractivity contribution in [2.75, 3.05) is 6.61 Å². The molecule has 0 radical (unpaired) electrons. The number of carboxylic acid groups (broad SMARTS) is 1. The molecule has 0 bridgehead atoms. The third kappa shape index (κ3) is 1.63. The molecular formula is C9H12N2O3. The zero-order chi connectivity index (χ0) is 9.97. The molecule has 0 aliphatic carbocycles. The van der Waals surface area contributed by atoms with E-state index >= 15 is 0 Å². The monoisotopic (exact) mass is 196 g/mol. The molecule has 0 saturated carbocycles. The highest BCUT2D eigenvalue weighted by Gasteiger charge is 2.33. The summed E-state index contributed by atoms with van der Waals surface area (Å²) in [4.78, 5) is 10.9. The molecule has 1 aliphatic rings. The number of carboxylic acids is 1. The van der Waals surface area contributed by atoms with Crippen LogP contribution in [0.1, 0.15) is 24.6 Å². The minimum Gasteiger partial charge on any atom is -0.481 e. The van der Waals surface area contributed by atoms with E-state index in [-0.39, 0.29) is 6.10 Å². The second kappa shape index (κ2) is 3.79. The highest BCUT2D eigenvalue weighted by molar-refractivity contribution is 5.71. The van der Waals surface area contributed by atoms with Gasteiger partial charge in [-0.15, -0.1) is 0 Å². The quantitative estimate of drug-likeness (QED) is 0.738. The average molecular weight is 196 g/mol. The molecule has 2 atom stereocenters. The van der Waals surface area contributed by atoms with Crippen LogP contribution in [0.5, 0.6) is 0 Å². The van der Waals surface area contributed by atoms with Crippen LogP contribution < -0.4 is 0 Å². The van der Waals surface area contributed by atoms with E-state index in [0.717, 1.165) is 12.1 Å². The number of hydrogen-bond donors (Lipinski definition) is 2. The molecule has 2 N–H and O–H groups in total. The van der Waals surface area contributed by atoms with Crippen molar-refractivity contribution < 1.29 is 14.6 Å². The molecular weight excluding hydrogens is 184 g/mol. The summed E-state index contributed by atoms with van der Waals surface area (Å²) < 4.78 is 5.44. The van der Waals surface area contributed by atoms with Crippen LogP contribution >= 0.6 is 0 Å². The summed E-state index contributed by atoms with van der Waals surface area (Å²) in [7, 11) is 0. The lowest BCUT2D eigenvalue weighted by Gasteiger charge is -2.27. The van der Waals surface area contributed by atoms with Crippen LogP contribution in [-0.2, 0) is 9.53 Å². The van der Waals surface area contributed by atoms with E-state index in [1.807, 2.05) is 0 Å². The summed E-state index contributed by atoms with van der Waals surface area (Å²) in [5, 5.41) is 15.5. The summed E-state index contributed by atoms with van der Waals surface area (Å²) in [6.45, 7) is 0.619. The molecule has 0 aromatic carbocycles. The standard InChI is InChI=1S/C9H12N2O3/c12-9(13)6-2-1-5-14-8(6)7-3-4-10-11-7/h3-4,6,8H,1-2,5H2,(H,10,11)(H,12,13)/t6-,8-/m0/s1. The first-order chi connectivity index (χ1) is 6.79. The minimum atomic E-state index is -0.802. The van der Waals surface area contributed by atoms with Gasteiger partial charge in [0, 0.05) is 12.8 Å². The van der Waals surface area contributed by atoms with Crippen LogP contribution in [0.4, 0.5) is 0 Å². The molecule has 0 spiro atoms. The van der Waals surface area contributed by atoms with Crippen LogP contribution in [0.25, 0.3) is 0 Å². The van der Waals surface area contributed by atoms with Crippen molar-refractivity contribution in [3.8, 4) is 0 Å². The number of nitrogens with zero attached hydrogens (tertiary/aromatic N) is 1. The first-order valence-corrected chi connectivity index (χ1v) is 4.62. The van der Waals surface area contributed by atoms with Crippen LogP contribution in [0.3, 0.4) is 0 Å². The highest BCUT2D eigenvalue weighted by Crippen LogP contribution is 2.32. The fraction of sp³-hybridized carbons (Fsp3) is 0.556. The predicted molar refractivity (Wildman–Crippen MR) is 47.6 cm³/mol. The molecule has 0 unspecified atom stereocenters. The van der Waals surface area contributed by atoms with Crippen molar-refractivity contribution in [2.45, 2.75) is 18.9 Å². The van der Waals surface area contributed by atoms with E-state index in [1.54, 1.807) is 12.3 Å². The minimum absolute atomic E-state index is 0.372. The van der Waals surface area contributed by atoms with E-state index in [2.05, 4.69) is 10.2 Å². The van der Waals surface area contributed by atoms with Gasteiger partial charge >= 0.3 is 5.97 Å². The lowest BCUT2D eigenvalue weighted by Crippen LogP contribution is -2.29. The first-order valence-electron chi connectivity index (χ1n) is 4.62. The summed E-state index contributed by atoms with van der Waals surface area (Å²) in [6.07, 6.45) is 2.70. The van der Waals surface area contributed by atoms with Crippen LogP contribution in [-0.4, -0.2) is 27.9 Å². The topological polar surface area (TPSA) is 75.2 Å². The Hall–Kier alpha value is -1.36. The van der Waals surface area contributed by atoms with Crippen molar-refractivity contribution in [1.29, 1.82) is 0 Å². The molecule has 76 valence electrons. The molecule has 1 fully saturated rings. The molecule has 1 aliphatic heterocycles. The second-order valence-electron chi connectivity index (χ2n) is 3.39. The van der Waals surface area contributed by atoms with Crippen molar-refractivity contribution >= 4 is 5.97 Å². The Balaban J connectivity index is 2.18. The van der Waals surface area contributed by atoms with E-state index in [9.17, 15) is 4.79 Å². The van der Waals surface area contributed by atoms with Gasteiger partial charge in [-0.2, -0.15) is 5.10 Å². The Morgan fingerprint density at radius 3 is 3.21 bits per heavy atom. The number of nitrogens with one attached hydrogen (secondary N) is 1. The number of ether oxygens (including phenoxy) is 1. The maximum absolute atomic E-state index is 10.9. The highest BCUT2D eigenvalue weighted by atomic mass is 16.5. The summed E-state index contributed by atoms with van der Waals surface area (Å²) in [5.74, 6) is -1.26. The normalized spacial score (nSPS) is 27.4. The zero-order valence-corrected chi connectivity index (χ0v) is 7.64. The van der Waals surface area contributed by atoms with Gasteiger partial charge in [-0.3, -0.25) is 9.89 Å². The van der Waals surface area contributed by atoms with Crippen molar-refractivity contribution in [1.82, 2.24) is 10.2 Å². The van der Waals surface area contributed by atoms with Crippen molar-refractivity contribution in [3.05, 3.63) is 18.0 Å². The Morgan fingerprint density at radius 1 is 1.71 bits per heavy atom. The average Bonchev–Trinajstić information content (AvgIpc) is 2.70. The van der Waals surface area contributed by atoms with Crippen molar-refractivity contribution in [3.63, 3.8) is 0 Å². The summed E-state index contributed by atoms with van der Waals surface area (Å²) >= 11 is 0. The van der Waals surface area contributed by atoms with Crippen molar-refractivity contribution in [2.24, 2.45) is 5.92 Å². The molecule has 0 amide bonds. The molecule has 2 heterocycles. The largest absolute Gasteiger partial charge is 0.481 e. The van der Waals surface area contributed by atoms with E-state index < -0.39 is 11.9 Å².